The van der Waals surface area contributed by atoms with Gasteiger partial charge in [-0.05, 0) is 29.8 Å². The van der Waals surface area contributed by atoms with Crippen molar-refractivity contribution in [3.8, 4) is 0 Å². The lowest BCUT2D eigenvalue weighted by molar-refractivity contribution is -0.304. The molecule has 0 spiro atoms. The molecule has 0 N–H and O–H groups in total. The highest BCUT2D eigenvalue weighted by Gasteiger charge is 2.12. The Hall–Kier alpha value is -2.62. The van der Waals surface area contributed by atoms with Crippen molar-refractivity contribution in [2.45, 2.75) is 6.42 Å². The first-order valence-electron chi connectivity index (χ1n) is 6.20. The summed E-state index contributed by atoms with van der Waals surface area (Å²) in [5.74, 6) is -1.28. The second-order valence-electron chi connectivity index (χ2n) is 4.45. The molecule has 0 aliphatic heterocycles. The molecule has 2 aromatic rings. The number of rotatable bonds is 4. The van der Waals surface area contributed by atoms with Crippen molar-refractivity contribution in [2.24, 2.45) is 0 Å². The minimum absolute atomic E-state index is 0.142. The molecule has 2 aromatic carbocycles. The maximum atomic E-state index is 12.3. The van der Waals surface area contributed by atoms with E-state index in [9.17, 15) is 14.7 Å². The van der Waals surface area contributed by atoms with Crippen LogP contribution < -0.4 is 10.0 Å². The highest BCUT2D eigenvalue weighted by atomic mass is 16.4. The number of nitrogens with zero attached hydrogens (tertiary/aromatic N) is 1. The van der Waals surface area contributed by atoms with Gasteiger partial charge in [-0.15, -0.1) is 0 Å². The fourth-order valence-corrected chi connectivity index (χ4v) is 1.89. The molecule has 4 nitrogen and oxygen atoms in total. The summed E-state index contributed by atoms with van der Waals surface area (Å²) in [4.78, 5) is 24.3. The standard InChI is InChI=1S/C16H15NO3/c1-17(14-5-3-2-4-6-14)16(20)13-9-7-12(8-10-13)11-15(18)19/h2-10H,11H2,1H3,(H,18,19)/p-1. The van der Waals surface area contributed by atoms with E-state index in [0.717, 1.165) is 5.69 Å². The van der Waals surface area contributed by atoms with Crippen molar-refractivity contribution in [1.82, 2.24) is 0 Å². The molecule has 0 radical (unpaired) electrons. The third-order valence-corrected chi connectivity index (χ3v) is 3.00. The van der Waals surface area contributed by atoms with Gasteiger partial charge in [0.15, 0.2) is 0 Å². The van der Waals surface area contributed by atoms with E-state index in [0.29, 0.717) is 11.1 Å². The van der Waals surface area contributed by atoms with Gasteiger partial charge >= 0.3 is 0 Å². The Morgan fingerprint density at radius 2 is 1.60 bits per heavy atom. The summed E-state index contributed by atoms with van der Waals surface area (Å²) in [6.07, 6.45) is -0.150. The van der Waals surface area contributed by atoms with E-state index in [4.69, 9.17) is 0 Å². The monoisotopic (exact) mass is 268 g/mol. The largest absolute Gasteiger partial charge is 0.550 e. The van der Waals surface area contributed by atoms with Crippen LogP contribution in [-0.2, 0) is 11.2 Å². The number of anilines is 1. The smallest absolute Gasteiger partial charge is 0.258 e. The number of amides is 1. The second kappa shape index (κ2) is 6.02. The summed E-state index contributed by atoms with van der Waals surface area (Å²) in [5.41, 5.74) is 1.93. The minimum Gasteiger partial charge on any atom is -0.550 e. The predicted molar refractivity (Wildman–Crippen MR) is 74.3 cm³/mol. The Bertz CT molecular complexity index is 605. The highest BCUT2D eigenvalue weighted by molar-refractivity contribution is 6.05. The molecule has 0 unspecified atom stereocenters. The molecule has 102 valence electrons. The zero-order valence-corrected chi connectivity index (χ0v) is 11.1. The Balaban J connectivity index is 2.15. The number of carbonyl (C=O) groups excluding carboxylic acids is 2. The van der Waals surface area contributed by atoms with Gasteiger partial charge in [-0.3, -0.25) is 4.79 Å². The van der Waals surface area contributed by atoms with E-state index in [1.165, 1.54) is 0 Å². The molecule has 0 aliphatic rings. The first-order valence-corrected chi connectivity index (χ1v) is 6.20. The van der Waals surface area contributed by atoms with Crippen LogP contribution in [0.4, 0.5) is 5.69 Å². The van der Waals surface area contributed by atoms with Gasteiger partial charge in [-0.2, -0.15) is 0 Å². The summed E-state index contributed by atoms with van der Waals surface area (Å²) in [7, 11) is 1.70. The van der Waals surface area contributed by atoms with Crippen LogP contribution >= 0.6 is 0 Å². The fourth-order valence-electron chi connectivity index (χ4n) is 1.89. The van der Waals surface area contributed by atoms with Crippen LogP contribution in [0.3, 0.4) is 0 Å². The minimum atomic E-state index is -1.13. The van der Waals surface area contributed by atoms with Crippen molar-refractivity contribution in [2.75, 3.05) is 11.9 Å². The van der Waals surface area contributed by atoms with Gasteiger partial charge in [0.05, 0.1) is 0 Å². The van der Waals surface area contributed by atoms with Crippen molar-refractivity contribution in [3.63, 3.8) is 0 Å². The van der Waals surface area contributed by atoms with E-state index < -0.39 is 5.97 Å². The Morgan fingerprint density at radius 3 is 2.15 bits per heavy atom. The van der Waals surface area contributed by atoms with E-state index in [1.807, 2.05) is 30.3 Å². The molecule has 1 amide bonds. The lowest BCUT2D eigenvalue weighted by Gasteiger charge is -2.17. The van der Waals surface area contributed by atoms with Gasteiger partial charge in [0, 0.05) is 30.7 Å². The number of carbonyl (C=O) groups is 2. The van der Waals surface area contributed by atoms with Crippen molar-refractivity contribution in [3.05, 3.63) is 65.7 Å². The Labute approximate surface area is 117 Å². The van der Waals surface area contributed by atoms with Crippen LogP contribution in [0.5, 0.6) is 0 Å². The molecule has 2 rings (SSSR count). The molecule has 0 aliphatic carbocycles. The topological polar surface area (TPSA) is 60.4 Å². The average Bonchev–Trinajstić information content (AvgIpc) is 2.47. The summed E-state index contributed by atoms with van der Waals surface area (Å²) in [5, 5.41) is 10.5. The molecule has 0 heterocycles. The molecule has 0 bridgehead atoms. The van der Waals surface area contributed by atoms with Crippen molar-refractivity contribution >= 4 is 17.6 Å². The van der Waals surface area contributed by atoms with E-state index in [-0.39, 0.29) is 12.3 Å². The average molecular weight is 268 g/mol. The highest BCUT2D eigenvalue weighted by Crippen LogP contribution is 2.15. The number of carboxylic acids is 1. The van der Waals surface area contributed by atoms with Crippen LogP contribution in [-0.4, -0.2) is 18.9 Å². The van der Waals surface area contributed by atoms with Gasteiger partial charge in [0.2, 0.25) is 0 Å². The van der Waals surface area contributed by atoms with E-state index >= 15 is 0 Å². The summed E-state index contributed by atoms with van der Waals surface area (Å²) in [6, 6.07) is 15.8. The summed E-state index contributed by atoms with van der Waals surface area (Å²) in [6.45, 7) is 0. The van der Waals surface area contributed by atoms with Gasteiger partial charge in [0.25, 0.3) is 5.91 Å². The molecule has 0 atom stereocenters. The van der Waals surface area contributed by atoms with Gasteiger partial charge in [-0.25, -0.2) is 0 Å². The maximum Gasteiger partial charge on any atom is 0.258 e. The van der Waals surface area contributed by atoms with E-state index in [1.54, 1.807) is 36.2 Å². The van der Waals surface area contributed by atoms with E-state index in [2.05, 4.69) is 0 Å². The van der Waals surface area contributed by atoms with Crippen LogP contribution in [0.1, 0.15) is 15.9 Å². The lowest BCUT2D eigenvalue weighted by atomic mass is 10.1. The number of carboxylic acid groups (broad SMARTS) is 1. The number of benzene rings is 2. The molecule has 0 saturated heterocycles. The molecule has 4 heteroatoms. The maximum absolute atomic E-state index is 12.3. The fraction of sp³-hybridized carbons (Fsp3) is 0.125. The number of hydrogen-bond donors (Lipinski definition) is 0. The SMILES string of the molecule is CN(C(=O)c1ccc(CC(=O)[O-])cc1)c1ccccc1. The van der Waals surface area contributed by atoms with Gasteiger partial charge in [-0.1, -0.05) is 30.3 Å². The molecule has 0 aromatic heterocycles. The summed E-state index contributed by atoms with van der Waals surface area (Å²) < 4.78 is 0. The van der Waals surface area contributed by atoms with Crippen molar-refractivity contribution in [1.29, 1.82) is 0 Å². The molecular formula is C16H14NO3-. The third kappa shape index (κ3) is 3.23. The number of aliphatic carboxylic acids is 1. The molecule has 0 saturated carbocycles. The normalized spacial score (nSPS) is 10.1. The second-order valence-corrected chi connectivity index (χ2v) is 4.45. The summed E-state index contributed by atoms with van der Waals surface area (Å²) >= 11 is 0. The quantitative estimate of drug-likeness (QED) is 0.838. The Kier molecular flexibility index (Phi) is 4.15. The third-order valence-electron chi connectivity index (χ3n) is 3.00. The molecule has 0 fully saturated rings. The molecular weight excluding hydrogens is 254 g/mol. The zero-order chi connectivity index (χ0) is 14.5. The number of para-hydroxylation sites is 1. The van der Waals surface area contributed by atoms with Crippen LogP contribution in [0.25, 0.3) is 0 Å². The number of hydrogen-bond acceptors (Lipinski definition) is 3. The first kappa shape index (κ1) is 13.8. The first-order chi connectivity index (χ1) is 9.58. The van der Waals surface area contributed by atoms with Gasteiger partial charge in [0.1, 0.15) is 0 Å². The predicted octanol–water partition coefficient (Wildman–Crippen LogP) is 1.26. The van der Waals surface area contributed by atoms with Gasteiger partial charge < -0.3 is 14.8 Å². The van der Waals surface area contributed by atoms with Crippen LogP contribution in [0.2, 0.25) is 0 Å². The molecule has 20 heavy (non-hydrogen) atoms. The van der Waals surface area contributed by atoms with Crippen LogP contribution in [0.15, 0.2) is 54.6 Å². The Morgan fingerprint density at radius 1 is 1.00 bits per heavy atom. The zero-order valence-electron chi connectivity index (χ0n) is 11.1. The van der Waals surface area contributed by atoms with Crippen LogP contribution in [0, 0.1) is 0 Å². The van der Waals surface area contributed by atoms with Crippen molar-refractivity contribution < 1.29 is 14.7 Å². The lowest BCUT2D eigenvalue weighted by Crippen LogP contribution is -2.26.